The van der Waals surface area contributed by atoms with Crippen LogP contribution in [0.25, 0.3) is 16.3 Å². The smallest absolute Gasteiger partial charge is 0.261 e. The van der Waals surface area contributed by atoms with Crippen molar-refractivity contribution in [2.75, 3.05) is 4.72 Å². The normalized spacial score (nSPS) is 12.3. The first-order valence-corrected chi connectivity index (χ1v) is 11.3. The van der Waals surface area contributed by atoms with Gasteiger partial charge in [0.15, 0.2) is 0 Å². The number of allylic oxidation sites excluding steroid dienone is 2. The highest BCUT2D eigenvalue weighted by Crippen LogP contribution is 2.33. The summed E-state index contributed by atoms with van der Waals surface area (Å²) in [6, 6.07) is 17.9. The van der Waals surface area contributed by atoms with Gasteiger partial charge in [0.25, 0.3) is 10.0 Å². The van der Waals surface area contributed by atoms with Gasteiger partial charge in [-0.2, -0.15) is 0 Å². The number of anilines is 1. The molecule has 28 heavy (non-hydrogen) atoms. The van der Waals surface area contributed by atoms with Crippen LogP contribution in [0, 0.1) is 0 Å². The standard InChI is InChI=1S/C23H24ClNO2S/c1-3-4-5-8-17(2)21-11-6-9-18-10-7-12-22(23(18)21)25-28(26,27)20-15-13-19(24)14-16-20/h6-16,25H,3-5H2,1-2H3/b17-8+. The van der Waals surface area contributed by atoms with Crippen molar-refractivity contribution in [1.29, 1.82) is 0 Å². The Bertz CT molecular complexity index is 1100. The summed E-state index contributed by atoms with van der Waals surface area (Å²) in [6.07, 6.45) is 5.52. The number of fused-ring (bicyclic) bond motifs is 1. The van der Waals surface area contributed by atoms with Gasteiger partial charge in [0.2, 0.25) is 0 Å². The summed E-state index contributed by atoms with van der Waals surface area (Å²) in [4.78, 5) is 0.182. The molecule has 1 N–H and O–H groups in total. The van der Waals surface area contributed by atoms with Gasteiger partial charge in [0, 0.05) is 10.4 Å². The van der Waals surface area contributed by atoms with Crippen molar-refractivity contribution in [3.63, 3.8) is 0 Å². The second kappa shape index (κ2) is 8.80. The molecule has 0 heterocycles. The topological polar surface area (TPSA) is 46.2 Å². The van der Waals surface area contributed by atoms with Crippen LogP contribution >= 0.6 is 11.6 Å². The minimum absolute atomic E-state index is 0.182. The fourth-order valence-corrected chi connectivity index (χ4v) is 4.40. The molecule has 0 radical (unpaired) electrons. The Hall–Kier alpha value is -2.30. The Balaban J connectivity index is 2.06. The summed E-state index contributed by atoms with van der Waals surface area (Å²) in [5.41, 5.74) is 2.77. The van der Waals surface area contributed by atoms with Gasteiger partial charge in [-0.05, 0) is 60.2 Å². The van der Waals surface area contributed by atoms with Crippen LogP contribution in [0.5, 0.6) is 0 Å². The van der Waals surface area contributed by atoms with E-state index in [0.717, 1.165) is 41.2 Å². The SMILES string of the molecule is CCCC/C=C(\C)c1cccc2cccc(NS(=O)(=O)c3ccc(Cl)cc3)c12. The van der Waals surface area contributed by atoms with E-state index < -0.39 is 10.0 Å². The molecule has 146 valence electrons. The number of hydrogen-bond donors (Lipinski definition) is 1. The number of halogens is 1. The number of sulfonamides is 1. The molecular formula is C23H24ClNO2S. The summed E-state index contributed by atoms with van der Waals surface area (Å²) < 4.78 is 28.5. The predicted octanol–water partition coefficient (Wildman–Crippen LogP) is 6.89. The molecule has 3 nitrogen and oxygen atoms in total. The minimum atomic E-state index is -3.71. The molecule has 0 aliphatic heterocycles. The van der Waals surface area contributed by atoms with E-state index in [-0.39, 0.29) is 4.90 Å². The zero-order valence-electron chi connectivity index (χ0n) is 16.1. The van der Waals surface area contributed by atoms with Gasteiger partial charge < -0.3 is 0 Å². The highest BCUT2D eigenvalue weighted by molar-refractivity contribution is 7.92. The maximum Gasteiger partial charge on any atom is 0.261 e. The van der Waals surface area contributed by atoms with E-state index in [0.29, 0.717) is 10.7 Å². The molecular weight excluding hydrogens is 390 g/mol. The van der Waals surface area contributed by atoms with Crippen molar-refractivity contribution >= 4 is 43.7 Å². The third-order valence-electron chi connectivity index (χ3n) is 4.71. The number of benzene rings is 3. The molecule has 3 aromatic rings. The fourth-order valence-electron chi connectivity index (χ4n) is 3.20. The molecule has 0 aromatic heterocycles. The highest BCUT2D eigenvalue weighted by atomic mass is 35.5. The van der Waals surface area contributed by atoms with Crippen molar-refractivity contribution in [3.8, 4) is 0 Å². The predicted molar refractivity (Wildman–Crippen MR) is 119 cm³/mol. The molecule has 0 spiro atoms. The van der Waals surface area contributed by atoms with Crippen LogP contribution in [0.2, 0.25) is 5.02 Å². The molecule has 0 unspecified atom stereocenters. The molecule has 0 amide bonds. The minimum Gasteiger partial charge on any atom is -0.279 e. The third kappa shape index (κ3) is 4.57. The van der Waals surface area contributed by atoms with Crippen LogP contribution in [0.15, 0.2) is 71.6 Å². The average molecular weight is 414 g/mol. The van der Waals surface area contributed by atoms with E-state index in [1.165, 1.54) is 12.1 Å². The molecule has 0 aliphatic rings. The zero-order valence-corrected chi connectivity index (χ0v) is 17.6. The quantitative estimate of drug-likeness (QED) is 0.428. The van der Waals surface area contributed by atoms with Crippen molar-refractivity contribution in [2.45, 2.75) is 38.0 Å². The molecule has 5 heteroatoms. The van der Waals surface area contributed by atoms with E-state index in [4.69, 9.17) is 11.6 Å². The molecule has 0 saturated heterocycles. The van der Waals surface area contributed by atoms with E-state index in [9.17, 15) is 8.42 Å². The Labute approximate surface area is 172 Å². The fraction of sp³-hybridized carbons (Fsp3) is 0.217. The zero-order chi connectivity index (χ0) is 20.1. The van der Waals surface area contributed by atoms with Gasteiger partial charge >= 0.3 is 0 Å². The van der Waals surface area contributed by atoms with Gasteiger partial charge in [-0.3, -0.25) is 4.72 Å². The van der Waals surface area contributed by atoms with Crippen molar-refractivity contribution in [3.05, 3.63) is 77.3 Å². The first kappa shape index (κ1) is 20.4. The van der Waals surface area contributed by atoms with Gasteiger partial charge in [0.1, 0.15) is 0 Å². The van der Waals surface area contributed by atoms with Gasteiger partial charge in [0.05, 0.1) is 10.6 Å². The summed E-state index contributed by atoms with van der Waals surface area (Å²) in [5, 5.41) is 2.41. The summed E-state index contributed by atoms with van der Waals surface area (Å²) >= 11 is 5.89. The Morgan fingerprint density at radius 2 is 1.71 bits per heavy atom. The van der Waals surface area contributed by atoms with Gasteiger partial charge in [-0.25, -0.2) is 8.42 Å². The van der Waals surface area contributed by atoms with E-state index >= 15 is 0 Å². The van der Waals surface area contributed by atoms with Gasteiger partial charge in [-0.15, -0.1) is 0 Å². The first-order valence-electron chi connectivity index (χ1n) is 9.39. The number of rotatable bonds is 7. The lowest BCUT2D eigenvalue weighted by molar-refractivity contribution is 0.601. The number of unbranched alkanes of at least 4 members (excludes halogenated alkanes) is 2. The second-order valence-electron chi connectivity index (χ2n) is 6.80. The van der Waals surface area contributed by atoms with Crippen molar-refractivity contribution in [2.24, 2.45) is 0 Å². The molecule has 0 atom stereocenters. The molecule has 3 aromatic carbocycles. The lowest BCUT2D eigenvalue weighted by Crippen LogP contribution is -2.13. The van der Waals surface area contributed by atoms with Crippen LogP contribution in [-0.2, 0) is 10.0 Å². The Morgan fingerprint density at radius 3 is 2.39 bits per heavy atom. The molecule has 3 rings (SSSR count). The van der Waals surface area contributed by atoms with E-state index in [2.05, 4.69) is 24.6 Å². The van der Waals surface area contributed by atoms with Crippen LogP contribution in [0.1, 0.15) is 38.7 Å². The third-order valence-corrected chi connectivity index (χ3v) is 6.34. The second-order valence-corrected chi connectivity index (χ2v) is 8.92. The number of hydrogen-bond acceptors (Lipinski definition) is 2. The molecule has 0 fully saturated rings. The Kier molecular flexibility index (Phi) is 6.42. The average Bonchev–Trinajstić information content (AvgIpc) is 2.68. The van der Waals surface area contributed by atoms with Crippen LogP contribution in [0.3, 0.4) is 0 Å². The summed E-state index contributed by atoms with van der Waals surface area (Å²) in [5.74, 6) is 0. The maximum absolute atomic E-state index is 12.9. The molecule has 0 saturated carbocycles. The molecule has 0 bridgehead atoms. The maximum atomic E-state index is 12.9. The summed E-state index contributed by atoms with van der Waals surface area (Å²) in [6.45, 7) is 4.25. The number of nitrogens with one attached hydrogen (secondary N) is 1. The monoisotopic (exact) mass is 413 g/mol. The van der Waals surface area contributed by atoms with E-state index in [1.54, 1.807) is 18.2 Å². The van der Waals surface area contributed by atoms with Crippen LogP contribution in [0.4, 0.5) is 5.69 Å². The van der Waals surface area contributed by atoms with Crippen molar-refractivity contribution < 1.29 is 8.42 Å². The van der Waals surface area contributed by atoms with E-state index in [1.807, 2.05) is 30.3 Å². The highest BCUT2D eigenvalue weighted by Gasteiger charge is 2.17. The Morgan fingerprint density at radius 1 is 1.04 bits per heavy atom. The molecule has 0 aliphatic carbocycles. The largest absolute Gasteiger partial charge is 0.279 e. The lowest BCUT2D eigenvalue weighted by atomic mass is 9.97. The van der Waals surface area contributed by atoms with Crippen molar-refractivity contribution in [1.82, 2.24) is 0 Å². The van der Waals surface area contributed by atoms with Crippen LogP contribution in [-0.4, -0.2) is 8.42 Å². The van der Waals surface area contributed by atoms with Gasteiger partial charge in [-0.1, -0.05) is 67.8 Å². The first-order chi connectivity index (χ1) is 13.4. The van der Waals surface area contributed by atoms with Crippen LogP contribution < -0.4 is 4.72 Å². The lowest BCUT2D eigenvalue weighted by Gasteiger charge is -2.15. The summed E-state index contributed by atoms with van der Waals surface area (Å²) in [7, 11) is -3.71.